The summed E-state index contributed by atoms with van der Waals surface area (Å²) in [7, 11) is 0. The summed E-state index contributed by atoms with van der Waals surface area (Å²) in [6, 6.07) is 11.8. The Morgan fingerprint density at radius 2 is 0.791 bits per heavy atom. The van der Waals surface area contributed by atoms with Gasteiger partial charge in [-0.15, -0.1) is 0 Å². The number of aromatic hydroxyl groups is 3. The van der Waals surface area contributed by atoms with Crippen molar-refractivity contribution < 1.29 is 29.5 Å². The zero-order valence-corrected chi connectivity index (χ0v) is 28.4. The zero-order valence-electron chi connectivity index (χ0n) is 28.4. The summed E-state index contributed by atoms with van der Waals surface area (Å²) < 4.78 is 18.5. The molecule has 0 saturated carbocycles. The lowest BCUT2D eigenvalue weighted by molar-refractivity contribution is 0.125. The first kappa shape index (κ1) is 34.0. The maximum atomic E-state index is 10.9. The molecule has 0 aromatic heterocycles. The molecule has 0 aliphatic carbocycles. The second-order valence-electron chi connectivity index (χ2n) is 14.9. The third-order valence-electron chi connectivity index (χ3n) is 7.08. The lowest BCUT2D eigenvalue weighted by atomic mass is 9.80. The number of phenolic OH excluding ortho intramolecular Hbond substituents is 3. The van der Waals surface area contributed by atoms with Crippen molar-refractivity contribution in [3.05, 3.63) is 69.8 Å². The van der Waals surface area contributed by atoms with E-state index in [9.17, 15) is 15.3 Å². The highest BCUT2D eigenvalue weighted by molar-refractivity contribution is 5.55. The minimum Gasteiger partial charge on any atom is -0.504 e. The summed E-state index contributed by atoms with van der Waals surface area (Å²) >= 11 is 0. The Balaban J connectivity index is 2.21. The maximum Gasteiger partial charge on any atom is 0.162 e. The molecule has 1 unspecified atom stereocenters. The van der Waals surface area contributed by atoms with Gasteiger partial charge < -0.3 is 29.5 Å². The van der Waals surface area contributed by atoms with Crippen LogP contribution in [0.15, 0.2) is 36.4 Å². The molecule has 3 aromatic rings. The van der Waals surface area contributed by atoms with E-state index in [-0.39, 0.29) is 29.1 Å². The molecule has 3 aromatic carbocycles. The predicted octanol–water partition coefficient (Wildman–Crippen LogP) is 9.59. The minimum absolute atomic E-state index is 0.0498. The molecule has 0 heterocycles. The van der Waals surface area contributed by atoms with Crippen molar-refractivity contribution in [2.45, 2.75) is 125 Å². The van der Waals surface area contributed by atoms with Crippen molar-refractivity contribution in [1.29, 1.82) is 0 Å². The number of phenols is 3. The fraction of sp³-hybridized carbons (Fsp3) is 0.514. The molecule has 0 aliphatic rings. The monoisotopic (exact) mass is 592 g/mol. The average molecular weight is 593 g/mol. The van der Waals surface area contributed by atoms with Crippen LogP contribution in [0.2, 0.25) is 0 Å². The Morgan fingerprint density at radius 1 is 0.512 bits per heavy atom. The van der Waals surface area contributed by atoms with Gasteiger partial charge in [-0.05, 0) is 147 Å². The van der Waals surface area contributed by atoms with Crippen LogP contribution in [0, 0.1) is 20.8 Å². The summed E-state index contributed by atoms with van der Waals surface area (Å²) in [5.74, 6) is 1.65. The molecule has 0 bridgehead atoms. The van der Waals surface area contributed by atoms with E-state index in [1.165, 1.54) is 0 Å². The average Bonchev–Trinajstić information content (AvgIpc) is 2.83. The first-order valence-corrected chi connectivity index (χ1v) is 15.1. The summed E-state index contributed by atoms with van der Waals surface area (Å²) in [5.41, 5.74) is 3.74. The molecule has 3 N–H and O–H groups in total. The van der Waals surface area contributed by atoms with Crippen molar-refractivity contribution >= 4 is 0 Å². The van der Waals surface area contributed by atoms with Crippen LogP contribution in [0.25, 0.3) is 0 Å². The van der Waals surface area contributed by atoms with Gasteiger partial charge in [-0.1, -0.05) is 25.1 Å². The first-order valence-electron chi connectivity index (χ1n) is 15.1. The highest BCUT2D eigenvalue weighted by Gasteiger charge is 2.27. The number of aryl methyl sites for hydroxylation is 3. The van der Waals surface area contributed by atoms with Crippen molar-refractivity contribution in [2.75, 3.05) is 0 Å². The third kappa shape index (κ3) is 8.98. The highest BCUT2D eigenvalue weighted by Crippen LogP contribution is 2.45. The van der Waals surface area contributed by atoms with Gasteiger partial charge in [-0.25, -0.2) is 0 Å². The molecule has 0 spiro atoms. The number of rotatable bonds is 8. The molecule has 0 fully saturated rings. The molecular formula is C37H52O6. The van der Waals surface area contributed by atoms with Crippen LogP contribution in [-0.4, -0.2) is 32.1 Å². The Morgan fingerprint density at radius 3 is 1.09 bits per heavy atom. The standard InChI is InChI=1S/C37H52O6/c1-21(25-14-22(2)32(38)29(18-25)41-35(5,6)7)17-28(26-15-23(3)33(39)30(19-26)42-36(8,9)10)27-16-24(4)34(40)31(20-27)43-37(11,12)13/h14-16,18-21,28,38-40H,17H2,1-13H3. The maximum absolute atomic E-state index is 10.9. The van der Waals surface area contributed by atoms with Crippen LogP contribution >= 0.6 is 0 Å². The zero-order chi connectivity index (χ0) is 32.7. The normalized spacial score (nSPS) is 13.3. The topological polar surface area (TPSA) is 88.4 Å². The SMILES string of the molecule is Cc1cc(C(C)CC(c2cc(C)c(O)c(OC(C)(C)C)c2)c2cc(C)c(O)c(OC(C)(C)C)c2)cc(OC(C)(C)C)c1O. The molecule has 43 heavy (non-hydrogen) atoms. The number of hydrogen-bond acceptors (Lipinski definition) is 6. The Bertz CT molecular complexity index is 1380. The molecule has 0 amide bonds. The van der Waals surface area contributed by atoms with E-state index < -0.39 is 16.8 Å². The predicted molar refractivity (Wildman–Crippen MR) is 175 cm³/mol. The van der Waals surface area contributed by atoms with Crippen LogP contribution in [0.4, 0.5) is 0 Å². The van der Waals surface area contributed by atoms with E-state index in [1.54, 1.807) is 0 Å². The van der Waals surface area contributed by atoms with Gasteiger partial charge in [0.15, 0.2) is 34.5 Å². The molecule has 0 radical (unpaired) electrons. The van der Waals surface area contributed by atoms with Crippen LogP contribution < -0.4 is 14.2 Å². The van der Waals surface area contributed by atoms with Gasteiger partial charge in [0.1, 0.15) is 16.8 Å². The van der Waals surface area contributed by atoms with Crippen LogP contribution in [0.1, 0.15) is 121 Å². The second-order valence-corrected chi connectivity index (χ2v) is 14.9. The number of hydrogen-bond donors (Lipinski definition) is 3. The second kappa shape index (κ2) is 12.2. The van der Waals surface area contributed by atoms with Crippen molar-refractivity contribution in [2.24, 2.45) is 0 Å². The van der Waals surface area contributed by atoms with E-state index in [2.05, 4.69) is 6.92 Å². The lowest BCUT2D eigenvalue weighted by Crippen LogP contribution is -2.23. The molecular weight excluding hydrogens is 540 g/mol. The largest absolute Gasteiger partial charge is 0.504 e. The van der Waals surface area contributed by atoms with E-state index in [4.69, 9.17) is 14.2 Å². The smallest absolute Gasteiger partial charge is 0.162 e. The summed E-state index contributed by atoms with van der Waals surface area (Å²) in [6.07, 6.45) is 0.692. The Labute approximate surface area is 258 Å². The molecule has 0 saturated heterocycles. The van der Waals surface area contributed by atoms with E-state index >= 15 is 0 Å². The van der Waals surface area contributed by atoms with Crippen molar-refractivity contribution in [1.82, 2.24) is 0 Å². The Hall–Kier alpha value is -3.54. The number of benzene rings is 3. The van der Waals surface area contributed by atoms with Gasteiger partial charge in [-0.3, -0.25) is 0 Å². The summed E-state index contributed by atoms with van der Waals surface area (Å²) in [5, 5.41) is 32.6. The highest BCUT2D eigenvalue weighted by atomic mass is 16.5. The van der Waals surface area contributed by atoms with E-state index in [1.807, 2.05) is 119 Å². The van der Waals surface area contributed by atoms with Gasteiger partial charge in [0, 0.05) is 5.92 Å². The minimum atomic E-state index is -0.499. The molecule has 6 heteroatoms. The fourth-order valence-electron chi connectivity index (χ4n) is 5.19. The molecule has 3 rings (SSSR count). The molecule has 236 valence electrons. The quantitative estimate of drug-likeness (QED) is 0.241. The lowest BCUT2D eigenvalue weighted by Gasteiger charge is -2.28. The molecule has 0 aliphatic heterocycles. The van der Waals surface area contributed by atoms with Gasteiger partial charge in [0.2, 0.25) is 0 Å². The van der Waals surface area contributed by atoms with E-state index in [0.717, 1.165) is 33.4 Å². The summed E-state index contributed by atoms with van der Waals surface area (Å²) in [4.78, 5) is 0. The van der Waals surface area contributed by atoms with E-state index in [0.29, 0.717) is 23.7 Å². The van der Waals surface area contributed by atoms with Gasteiger partial charge in [0.05, 0.1) is 0 Å². The Kier molecular flexibility index (Phi) is 9.65. The first-order chi connectivity index (χ1) is 19.5. The molecule has 1 atom stereocenters. The third-order valence-corrected chi connectivity index (χ3v) is 7.08. The fourth-order valence-corrected chi connectivity index (χ4v) is 5.19. The summed E-state index contributed by atoms with van der Waals surface area (Å²) in [6.45, 7) is 25.4. The van der Waals surface area contributed by atoms with Gasteiger partial charge >= 0.3 is 0 Å². The van der Waals surface area contributed by atoms with Gasteiger partial charge in [0.25, 0.3) is 0 Å². The van der Waals surface area contributed by atoms with Crippen molar-refractivity contribution in [3.63, 3.8) is 0 Å². The van der Waals surface area contributed by atoms with Crippen LogP contribution in [0.3, 0.4) is 0 Å². The number of ether oxygens (including phenoxy) is 3. The van der Waals surface area contributed by atoms with Crippen molar-refractivity contribution in [3.8, 4) is 34.5 Å². The van der Waals surface area contributed by atoms with Crippen LogP contribution in [-0.2, 0) is 0 Å². The van der Waals surface area contributed by atoms with Gasteiger partial charge in [-0.2, -0.15) is 0 Å². The molecule has 6 nitrogen and oxygen atoms in total. The van der Waals surface area contributed by atoms with Crippen LogP contribution in [0.5, 0.6) is 34.5 Å².